The van der Waals surface area contributed by atoms with Crippen LogP contribution < -0.4 is 25.4 Å². The van der Waals surface area contributed by atoms with Gasteiger partial charge in [-0.05, 0) is 36.8 Å². The van der Waals surface area contributed by atoms with Gasteiger partial charge in [-0.15, -0.1) is 0 Å². The highest BCUT2D eigenvalue weighted by Gasteiger charge is 2.07. The topological polar surface area (TPSA) is 84.0 Å². The minimum Gasteiger partial charge on any atom is -0.497 e. The van der Waals surface area contributed by atoms with Crippen molar-refractivity contribution in [2.45, 2.75) is 19.6 Å². The van der Waals surface area contributed by atoms with E-state index in [-0.39, 0.29) is 12.0 Å². The number of benzene rings is 2. The van der Waals surface area contributed by atoms with Gasteiger partial charge in [-0.2, -0.15) is 0 Å². The third-order valence-electron chi connectivity index (χ3n) is 4.06. The van der Waals surface area contributed by atoms with Crippen molar-refractivity contribution in [2.24, 2.45) is 4.99 Å². The van der Waals surface area contributed by atoms with Crippen LogP contribution in [0.15, 0.2) is 53.5 Å². The number of hydrogen-bond acceptors (Lipinski definition) is 4. The third-order valence-corrected chi connectivity index (χ3v) is 4.06. The first-order valence-corrected chi connectivity index (χ1v) is 9.12. The van der Waals surface area contributed by atoms with Gasteiger partial charge in [0.05, 0.1) is 13.7 Å². The Labute approximate surface area is 166 Å². The maximum absolute atomic E-state index is 11.6. The first-order valence-electron chi connectivity index (χ1n) is 9.12. The summed E-state index contributed by atoms with van der Waals surface area (Å²) in [5, 5.41) is 9.10. The number of ether oxygens (including phenoxy) is 2. The molecule has 0 aliphatic rings. The Morgan fingerprint density at radius 1 is 1.11 bits per heavy atom. The maximum Gasteiger partial charge on any atom is 0.251 e. The van der Waals surface area contributed by atoms with E-state index in [2.05, 4.69) is 20.9 Å². The van der Waals surface area contributed by atoms with Gasteiger partial charge in [0.1, 0.15) is 17.6 Å². The van der Waals surface area contributed by atoms with E-state index in [1.54, 1.807) is 33.3 Å². The molecule has 3 N–H and O–H groups in total. The van der Waals surface area contributed by atoms with Gasteiger partial charge in [-0.1, -0.05) is 18.2 Å². The van der Waals surface area contributed by atoms with Crippen LogP contribution in [0.3, 0.4) is 0 Å². The number of methoxy groups -OCH3 is 1. The van der Waals surface area contributed by atoms with Crippen LogP contribution in [0.2, 0.25) is 0 Å². The summed E-state index contributed by atoms with van der Waals surface area (Å²) in [6.45, 7) is 3.17. The smallest absolute Gasteiger partial charge is 0.251 e. The molecule has 1 amide bonds. The summed E-state index contributed by atoms with van der Waals surface area (Å²) in [7, 11) is 4.97. The molecule has 0 bridgehead atoms. The molecule has 0 aromatic heterocycles. The summed E-state index contributed by atoms with van der Waals surface area (Å²) in [6, 6.07) is 15.0. The lowest BCUT2D eigenvalue weighted by atomic mass is 10.1. The molecule has 150 valence electrons. The van der Waals surface area contributed by atoms with Crippen molar-refractivity contribution in [3.05, 3.63) is 59.7 Å². The highest BCUT2D eigenvalue weighted by molar-refractivity contribution is 5.93. The number of rotatable bonds is 8. The average Bonchev–Trinajstić information content (AvgIpc) is 2.73. The fourth-order valence-electron chi connectivity index (χ4n) is 2.51. The summed E-state index contributed by atoms with van der Waals surface area (Å²) in [4.78, 5) is 15.8. The normalized spacial score (nSPS) is 12.1. The molecule has 0 saturated carbocycles. The van der Waals surface area contributed by atoms with E-state index >= 15 is 0 Å². The second-order valence-electron chi connectivity index (χ2n) is 6.19. The van der Waals surface area contributed by atoms with E-state index in [1.807, 2.05) is 43.3 Å². The van der Waals surface area contributed by atoms with Crippen LogP contribution in [0.5, 0.6) is 11.5 Å². The molecule has 0 fully saturated rings. The van der Waals surface area contributed by atoms with Crippen LogP contribution in [0.4, 0.5) is 0 Å². The molecule has 0 aliphatic heterocycles. The van der Waals surface area contributed by atoms with E-state index in [0.29, 0.717) is 24.6 Å². The summed E-state index contributed by atoms with van der Waals surface area (Å²) >= 11 is 0. The fraction of sp³-hybridized carbons (Fsp3) is 0.333. The fourth-order valence-corrected chi connectivity index (χ4v) is 2.51. The van der Waals surface area contributed by atoms with E-state index in [4.69, 9.17) is 9.47 Å². The largest absolute Gasteiger partial charge is 0.497 e. The van der Waals surface area contributed by atoms with Crippen LogP contribution in [0.1, 0.15) is 22.8 Å². The zero-order chi connectivity index (χ0) is 20.4. The van der Waals surface area contributed by atoms with Gasteiger partial charge in [0.15, 0.2) is 5.96 Å². The summed E-state index contributed by atoms with van der Waals surface area (Å²) in [6.07, 6.45) is -0.0579. The predicted octanol–water partition coefficient (Wildman–Crippen LogP) is 2.19. The van der Waals surface area contributed by atoms with Gasteiger partial charge in [0, 0.05) is 32.3 Å². The lowest BCUT2D eigenvalue weighted by molar-refractivity contribution is 0.0963. The van der Waals surface area contributed by atoms with E-state index < -0.39 is 0 Å². The summed E-state index contributed by atoms with van der Waals surface area (Å²) in [5.41, 5.74) is 1.69. The third kappa shape index (κ3) is 6.50. The first kappa shape index (κ1) is 21.1. The van der Waals surface area contributed by atoms with E-state index in [1.165, 1.54) is 0 Å². The van der Waals surface area contributed by atoms with Crippen LogP contribution in [-0.2, 0) is 6.54 Å². The average molecular weight is 384 g/mol. The zero-order valence-corrected chi connectivity index (χ0v) is 16.8. The molecule has 1 atom stereocenters. The van der Waals surface area contributed by atoms with Crippen molar-refractivity contribution in [1.82, 2.24) is 16.0 Å². The molecular formula is C21H28N4O3. The van der Waals surface area contributed by atoms with Gasteiger partial charge in [-0.25, -0.2) is 0 Å². The Morgan fingerprint density at radius 3 is 2.46 bits per heavy atom. The number of carbonyl (C=O) groups is 1. The van der Waals surface area contributed by atoms with Gasteiger partial charge < -0.3 is 25.4 Å². The Hall–Kier alpha value is -3.22. The molecule has 0 aliphatic carbocycles. The van der Waals surface area contributed by atoms with Crippen LogP contribution in [-0.4, -0.2) is 45.7 Å². The van der Waals surface area contributed by atoms with Crippen molar-refractivity contribution in [3.8, 4) is 11.5 Å². The molecule has 0 radical (unpaired) electrons. The highest BCUT2D eigenvalue weighted by Crippen LogP contribution is 2.19. The molecule has 2 aromatic carbocycles. The number of nitrogens with zero attached hydrogens (tertiary/aromatic N) is 1. The van der Waals surface area contributed by atoms with Gasteiger partial charge in [-0.3, -0.25) is 9.79 Å². The second kappa shape index (κ2) is 10.8. The second-order valence-corrected chi connectivity index (χ2v) is 6.19. The molecule has 1 unspecified atom stereocenters. The number of guanidine groups is 1. The Bertz CT molecular complexity index is 790. The van der Waals surface area contributed by atoms with Crippen molar-refractivity contribution < 1.29 is 14.3 Å². The standard InChI is InChI=1S/C21H28N4O3/c1-15(28-19-7-5-6-18(12-19)27-4)13-24-21(23-3)25-14-16-8-10-17(11-9-16)20(26)22-2/h5-12,15H,13-14H2,1-4H3,(H,22,26)(H2,23,24,25). The molecule has 2 rings (SSSR count). The van der Waals surface area contributed by atoms with Crippen LogP contribution >= 0.6 is 0 Å². The number of hydrogen-bond donors (Lipinski definition) is 3. The Balaban J connectivity index is 1.79. The zero-order valence-electron chi connectivity index (χ0n) is 16.8. The molecule has 7 nitrogen and oxygen atoms in total. The lowest BCUT2D eigenvalue weighted by Crippen LogP contribution is -2.41. The number of aliphatic imine (C=N–C) groups is 1. The quantitative estimate of drug-likeness (QED) is 0.480. The van der Waals surface area contributed by atoms with Crippen LogP contribution in [0.25, 0.3) is 0 Å². The minimum atomic E-state index is -0.0954. The molecule has 0 heterocycles. The summed E-state index contributed by atoms with van der Waals surface area (Å²) < 4.78 is 11.1. The molecular weight excluding hydrogens is 356 g/mol. The molecule has 28 heavy (non-hydrogen) atoms. The molecule has 0 spiro atoms. The molecule has 7 heteroatoms. The van der Waals surface area contributed by atoms with Gasteiger partial charge in [0.25, 0.3) is 5.91 Å². The van der Waals surface area contributed by atoms with Gasteiger partial charge >= 0.3 is 0 Å². The van der Waals surface area contributed by atoms with E-state index in [0.717, 1.165) is 17.1 Å². The summed E-state index contributed by atoms with van der Waals surface area (Å²) in [5.74, 6) is 2.10. The predicted molar refractivity (Wildman–Crippen MR) is 111 cm³/mol. The number of nitrogens with one attached hydrogen (secondary N) is 3. The SMILES string of the molecule is CN=C(NCc1ccc(C(=O)NC)cc1)NCC(C)Oc1cccc(OC)c1. The van der Waals surface area contributed by atoms with E-state index in [9.17, 15) is 4.79 Å². The van der Waals surface area contributed by atoms with Crippen molar-refractivity contribution in [2.75, 3.05) is 27.7 Å². The van der Waals surface area contributed by atoms with Crippen molar-refractivity contribution in [3.63, 3.8) is 0 Å². The van der Waals surface area contributed by atoms with Crippen molar-refractivity contribution >= 4 is 11.9 Å². The Morgan fingerprint density at radius 2 is 1.82 bits per heavy atom. The minimum absolute atomic E-state index is 0.0579. The first-order chi connectivity index (χ1) is 13.5. The van der Waals surface area contributed by atoms with Crippen LogP contribution in [0, 0.1) is 0 Å². The lowest BCUT2D eigenvalue weighted by Gasteiger charge is -2.18. The molecule has 2 aromatic rings. The van der Waals surface area contributed by atoms with Gasteiger partial charge in [0.2, 0.25) is 0 Å². The molecule has 0 saturated heterocycles. The maximum atomic E-state index is 11.6. The van der Waals surface area contributed by atoms with Crippen molar-refractivity contribution in [1.29, 1.82) is 0 Å². The Kier molecular flexibility index (Phi) is 8.14. The highest BCUT2D eigenvalue weighted by atomic mass is 16.5. The number of carbonyl (C=O) groups excluding carboxylic acids is 1. The number of amides is 1. The monoisotopic (exact) mass is 384 g/mol.